The zero-order valence-electron chi connectivity index (χ0n) is 16.5. The molecule has 1 N–H and O–H groups in total. The highest BCUT2D eigenvalue weighted by Crippen LogP contribution is 2.31. The largest absolute Gasteiger partial charge is 0.369 e. The van der Waals surface area contributed by atoms with Crippen LogP contribution in [-0.2, 0) is 11.3 Å². The highest BCUT2D eigenvalue weighted by Gasteiger charge is 2.29. The molecule has 0 atom stereocenters. The molecule has 1 aliphatic heterocycles. The van der Waals surface area contributed by atoms with Crippen molar-refractivity contribution in [3.63, 3.8) is 0 Å². The second-order valence-electron chi connectivity index (χ2n) is 6.89. The Morgan fingerprint density at radius 3 is 2.83 bits per heavy atom. The second kappa shape index (κ2) is 8.41. The number of imidazole rings is 1. The Kier molecular flexibility index (Phi) is 5.69. The smallest absolute Gasteiger partial charge is 0.267 e. The molecule has 10 heteroatoms. The molecule has 0 spiro atoms. The van der Waals surface area contributed by atoms with Gasteiger partial charge in [-0.3, -0.25) is 18.9 Å². The van der Waals surface area contributed by atoms with Gasteiger partial charge in [0.1, 0.15) is 15.8 Å². The van der Waals surface area contributed by atoms with Crippen LogP contribution in [0.1, 0.15) is 17.5 Å². The molecule has 3 aromatic heterocycles. The minimum atomic E-state index is -0.234. The van der Waals surface area contributed by atoms with E-state index >= 15 is 0 Å². The number of hydrogen-bond donors (Lipinski definition) is 1. The van der Waals surface area contributed by atoms with E-state index in [1.165, 1.54) is 21.1 Å². The summed E-state index contributed by atoms with van der Waals surface area (Å²) in [5, 5.41) is 3.28. The second-order valence-corrected chi connectivity index (χ2v) is 8.56. The Hall–Kier alpha value is -2.98. The molecule has 1 aliphatic rings. The Labute approximate surface area is 182 Å². The Morgan fingerprint density at radius 2 is 2.13 bits per heavy atom. The average Bonchev–Trinajstić information content (AvgIpc) is 3.33. The number of rotatable bonds is 6. The summed E-state index contributed by atoms with van der Waals surface area (Å²) in [5.41, 5.74) is 1.58. The lowest BCUT2D eigenvalue weighted by Crippen LogP contribution is -2.23. The molecular formula is C20H20N6O2S2. The van der Waals surface area contributed by atoms with Crippen molar-refractivity contribution < 1.29 is 4.79 Å². The normalized spacial score (nSPS) is 15.5. The molecule has 4 rings (SSSR count). The standard InChI is InChI=1S/C20H20N6O2S2/c1-13-5-3-9-26-17(13)23-16(22-6-4-8-25-10-7-21-12-25)14(18(26)27)11-15-19(28)24(2)20(29)30-15/h3,5,7,9-12,22H,4,6,8H2,1-2H3/b15-11-. The van der Waals surface area contributed by atoms with E-state index < -0.39 is 0 Å². The fourth-order valence-electron chi connectivity index (χ4n) is 3.14. The number of aromatic nitrogens is 4. The van der Waals surface area contributed by atoms with E-state index in [1.807, 2.05) is 23.8 Å². The van der Waals surface area contributed by atoms with Gasteiger partial charge in [0.05, 0.1) is 16.8 Å². The van der Waals surface area contributed by atoms with Gasteiger partial charge in [-0.1, -0.05) is 30.0 Å². The average molecular weight is 441 g/mol. The summed E-state index contributed by atoms with van der Waals surface area (Å²) in [5.74, 6) is 0.242. The minimum Gasteiger partial charge on any atom is -0.369 e. The maximum Gasteiger partial charge on any atom is 0.267 e. The highest BCUT2D eigenvalue weighted by atomic mass is 32.2. The van der Waals surface area contributed by atoms with Gasteiger partial charge in [0, 0.05) is 38.7 Å². The number of carbonyl (C=O) groups excluding carboxylic acids is 1. The molecule has 1 amide bonds. The minimum absolute atomic E-state index is 0.218. The summed E-state index contributed by atoms with van der Waals surface area (Å²) in [7, 11) is 1.63. The summed E-state index contributed by atoms with van der Waals surface area (Å²) in [6.07, 6.45) is 9.50. The van der Waals surface area contributed by atoms with Crippen LogP contribution >= 0.6 is 24.0 Å². The first-order valence-electron chi connectivity index (χ1n) is 9.39. The van der Waals surface area contributed by atoms with E-state index in [4.69, 9.17) is 17.2 Å². The Morgan fingerprint density at radius 1 is 1.30 bits per heavy atom. The number of pyridine rings is 1. The summed E-state index contributed by atoms with van der Waals surface area (Å²) in [6.45, 7) is 3.32. The highest BCUT2D eigenvalue weighted by molar-refractivity contribution is 8.26. The van der Waals surface area contributed by atoms with Gasteiger partial charge < -0.3 is 9.88 Å². The molecule has 0 bridgehead atoms. The molecule has 30 heavy (non-hydrogen) atoms. The van der Waals surface area contributed by atoms with Gasteiger partial charge >= 0.3 is 0 Å². The van der Waals surface area contributed by atoms with Crippen LogP contribution < -0.4 is 10.9 Å². The molecule has 0 aromatic carbocycles. The van der Waals surface area contributed by atoms with Crippen molar-refractivity contribution in [2.75, 3.05) is 18.9 Å². The molecule has 154 valence electrons. The monoisotopic (exact) mass is 440 g/mol. The van der Waals surface area contributed by atoms with Crippen LogP contribution in [0.5, 0.6) is 0 Å². The summed E-state index contributed by atoms with van der Waals surface area (Å²) < 4.78 is 3.96. The summed E-state index contributed by atoms with van der Waals surface area (Å²) in [4.78, 5) is 36.2. The summed E-state index contributed by atoms with van der Waals surface area (Å²) >= 11 is 6.39. The van der Waals surface area contributed by atoms with Crippen LogP contribution in [0.3, 0.4) is 0 Å². The Balaban J connectivity index is 1.70. The number of thiocarbonyl (C=S) groups is 1. The molecule has 0 radical (unpaired) electrons. The van der Waals surface area contributed by atoms with E-state index in [1.54, 1.807) is 37.9 Å². The van der Waals surface area contributed by atoms with E-state index in [0.29, 0.717) is 32.8 Å². The number of aryl methyl sites for hydroxylation is 2. The number of amides is 1. The number of nitrogens with zero attached hydrogens (tertiary/aromatic N) is 5. The van der Waals surface area contributed by atoms with Crippen molar-refractivity contribution in [1.82, 2.24) is 23.8 Å². The molecule has 0 saturated carbocycles. The first-order valence-corrected chi connectivity index (χ1v) is 10.6. The molecule has 0 aliphatic carbocycles. The van der Waals surface area contributed by atoms with Crippen molar-refractivity contribution in [2.24, 2.45) is 0 Å². The van der Waals surface area contributed by atoms with Gasteiger partial charge in [-0.15, -0.1) is 0 Å². The maximum atomic E-state index is 13.2. The third kappa shape index (κ3) is 3.88. The van der Waals surface area contributed by atoms with Gasteiger partial charge in [-0.25, -0.2) is 9.97 Å². The first-order chi connectivity index (χ1) is 14.5. The number of fused-ring (bicyclic) bond motifs is 1. The number of hydrogen-bond acceptors (Lipinski definition) is 7. The maximum absolute atomic E-state index is 13.2. The molecule has 8 nitrogen and oxygen atoms in total. The molecular weight excluding hydrogens is 420 g/mol. The predicted octanol–water partition coefficient (Wildman–Crippen LogP) is 2.53. The quantitative estimate of drug-likeness (QED) is 0.358. The first kappa shape index (κ1) is 20.3. The van der Waals surface area contributed by atoms with Gasteiger partial charge in [0.2, 0.25) is 0 Å². The molecule has 0 unspecified atom stereocenters. The summed E-state index contributed by atoms with van der Waals surface area (Å²) in [6, 6.07) is 3.71. The third-order valence-corrected chi connectivity index (χ3v) is 6.28. The zero-order valence-corrected chi connectivity index (χ0v) is 18.2. The van der Waals surface area contributed by atoms with Crippen LogP contribution in [0.25, 0.3) is 11.7 Å². The molecule has 1 fully saturated rings. The van der Waals surface area contributed by atoms with Crippen LogP contribution in [0.4, 0.5) is 5.82 Å². The lowest BCUT2D eigenvalue weighted by molar-refractivity contribution is -0.121. The molecule has 4 heterocycles. The van der Waals surface area contributed by atoms with Gasteiger partial charge in [0.25, 0.3) is 11.5 Å². The number of thioether (sulfide) groups is 1. The topological polar surface area (TPSA) is 84.5 Å². The van der Waals surface area contributed by atoms with Crippen LogP contribution in [0.2, 0.25) is 0 Å². The van der Waals surface area contributed by atoms with Crippen molar-refractivity contribution in [3.8, 4) is 0 Å². The van der Waals surface area contributed by atoms with E-state index in [9.17, 15) is 9.59 Å². The van der Waals surface area contributed by atoms with E-state index in [-0.39, 0.29) is 11.5 Å². The van der Waals surface area contributed by atoms with Crippen LogP contribution in [-0.4, -0.2) is 47.7 Å². The number of carbonyl (C=O) groups is 1. The van der Waals surface area contributed by atoms with Crippen molar-refractivity contribution in [3.05, 3.63) is 63.4 Å². The van der Waals surface area contributed by atoms with Crippen molar-refractivity contribution >= 4 is 51.7 Å². The SMILES string of the molecule is Cc1cccn2c(=O)c(/C=C3\SC(=S)N(C)C3=O)c(NCCCn3ccnc3)nc12. The van der Waals surface area contributed by atoms with Crippen molar-refractivity contribution in [1.29, 1.82) is 0 Å². The lowest BCUT2D eigenvalue weighted by atomic mass is 10.2. The number of anilines is 1. The number of likely N-dealkylation sites (N-methyl/N-ethyl adjacent to an activating group) is 1. The third-order valence-electron chi connectivity index (χ3n) is 4.79. The van der Waals surface area contributed by atoms with Crippen LogP contribution in [0, 0.1) is 6.92 Å². The van der Waals surface area contributed by atoms with Gasteiger partial charge in [0.15, 0.2) is 0 Å². The Bertz CT molecular complexity index is 1220. The lowest BCUT2D eigenvalue weighted by Gasteiger charge is -2.12. The fourth-order valence-corrected chi connectivity index (χ4v) is 4.30. The zero-order chi connectivity index (χ0) is 21.3. The van der Waals surface area contributed by atoms with Gasteiger partial charge in [-0.05, 0) is 31.1 Å². The van der Waals surface area contributed by atoms with Crippen LogP contribution in [0.15, 0.2) is 46.8 Å². The predicted molar refractivity (Wildman–Crippen MR) is 122 cm³/mol. The van der Waals surface area contributed by atoms with E-state index in [2.05, 4.69) is 10.3 Å². The van der Waals surface area contributed by atoms with Crippen molar-refractivity contribution in [2.45, 2.75) is 19.9 Å². The number of nitrogens with one attached hydrogen (secondary N) is 1. The molecule has 3 aromatic rings. The van der Waals surface area contributed by atoms with Gasteiger partial charge in [-0.2, -0.15) is 0 Å². The fraction of sp³-hybridized carbons (Fsp3) is 0.250. The molecule has 1 saturated heterocycles. The van der Waals surface area contributed by atoms with E-state index in [0.717, 1.165) is 18.5 Å².